The molecule has 0 bridgehead atoms. The Labute approximate surface area is 203 Å². The first-order chi connectivity index (χ1) is 16.1. The number of anilines is 1. The van der Waals surface area contributed by atoms with Gasteiger partial charge in [-0.2, -0.15) is 5.21 Å². The number of nitrogen functional groups attached to an aromatic ring is 1. The molecule has 4 aromatic rings. The molecule has 0 aliphatic carbocycles. The second kappa shape index (κ2) is 9.46. The highest BCUT2D eigenvalue weighted by Gasteiger charge is 2.31. The van der Waals surface area contributed by atoms with Crippen LogP contribution < -0.4 is 5.73 Å². The number of amides is 1. The van der Waals surface area contributed by atoms with E-state index in [0.717, 1.165) is 64.1 Å². The van der Waals surface area contributed by atoms with Gasteiger partial charge >= 0.3 is 0 Å². The third-order valence-electron chi connectivity index (χ3n) is 5.46. The van der Waals surface area contributed by atoms with Gasteiger partial charge in [-0.3, -0.25) is 9.69 Å². The van der Waals surface area contributed by atoms with Crippen molar-refractivity contribution in [3.8, 4) is 11.1 Å². The average Bonchev–Trinajstić information content (AvgIpc) is 3.59. The lowest BCUT2D eigenvalue weighted by atomic mass is 10.1. The van der Waals surface area contributed by atoms with E-state index in [1.165, 1.54) is 11.8 Å². The molecule has 168 valence electrons. The van der Waals surface area contributed by atoms with Crippen LogP contribution in [0.25, 0.3) is 28.1 Å². The number of aromatic nitrogens is 5. The zero-order chi connectivity index (χ0) is 22.8. The number of carbonyl (C=O) groups excluding carboxylic acids is 1. The number of rotatable bonds is 8. The van der Waals surface area contributed by atoms with Crippen molar-refractivity contribution in [2.75, 3.05) is 12.3 Å². The van der Waals surface area contributed by atoms with Crippen LogP contribution >= 0.6 is 35.3 Å². The summed E-state index contributed by atoms with van der Waals surface area (Å²) in [5.41, 5.74) is 10.0. The molecular weight excluding hydrogens is 474 g/mol. The molecule has 4 N–H and O–H groups in total. The summed E-state index contributed by atoms with van der Waals surface area (Å²) in [4.78, 5) is 19.5. The molecule has 0 unspecified atom stereocenters. The molecule has 1 aliphatic rings. The quantitative estimate of drug-likeness (QED) is 0.141. The van der Waals surface area contributed by atoms with Crippen LogP contribution in [-0.2, 0) is 11.2 Å². The smallest absolute Gasteiger partial charge is 0.266 e. The van der Waals surface area contributed by atoms with Gasteiger partial charge in [-0.15, -0.1) is 21.5 Å². The molecule has 0 saturated carbocycles. The summed E-state index contributed by atoms with van der Waals surface area (Å²) in [5, 5.41) is 17.1. The number of nitrogens with zero attached hydrogens (tertiary/aromatic N) is 4. The summed E-state index contributed by atoms with van der Waals surface area (Å²) < 4.78 is 0.617. The fraction of sp³-hybridized carbons (Fsp3) is 0.227. The van der Waals surface area contributed by atoms with Crippen molar-refractivity contribution in [2.24, 2.45) is 0 Å². The number of carbonyl (C=O) groups is 1. The predicted octanol–water partition coefficient (Wildman–Crippen LogP) is 4.61. The van der Waals surface area contributed by atoms with Gasteiger partial charge in [-0.25, -0.2) is 0 Å². The van der Waals surface area contributed by atoms with E-state index in [4.69, 9.17) is 18.0 Å². The molecule has 1 saturated heterocycles. The van der Waals surface area contributed by atoms with Crippen molar-refractivity contribution in [3.05, 3.63) is 51.4 Å². The molecule has 0 atom stereocenters. The number of hydrogen-bond donors (Lipinski definition) is 3. The highest BCUT2D eigenvalue weighted by molar-refractivity contribution is 8.26. The Balaban J connectivity index is 1.22. The minimum atomic E-state index is -0.0175. The van der Waals surface area contributed by atoms with Crippen LogP contribution in [0.15, 0.2) is 40.7 Å². The van der Waals surface area contributed by atoms with Crippen LogP contribution in [0, 0.1) is 0 Å². The van der Waals surface area contributed by atoms with Gasteiger partial charge in [-0.05, 0) is 59.7 Å². The number of H-pyrrole nitrogens is 2. The standard InChI is InChI=1S/C22H21N7OS3/c23-17-10-14(8-13-5-6-24-20(13)17)15-9-16(32-12-15)11-18-21(30)29(22(31)33-18)7-3-1-2-4-19-25-27-28-26-19/h5-6,8-12,24H,1-4,7,23H2,(H,25,26,27,28). The molecule has 33 heavy (non-hydrogen) atoms. The van der Waals surface area contributed by atoms with E-state index < -0.39 is 0 Å². The summed E-state index contributed by atoms with van der Waals surface area (Å²) >= 11 is 8.44. The zero-order valence-corrected chi connectivity index (χ0v) is 20.0. The van der Waals surface area contributed by atoms with Gasteiger partial charge in [0.1, 0.15) is 4.32 Å². The second-order valence-corrected chi connectivity index (χ2v) is 10.3. The second-order valence-electron chi connectivity index (χ2n) is 7.72. The van der Waals surface area contributed by atoms with Crippen molar-refractivity contribution in [1.82, 2.24) is 30.5 Å². The summed E-state index contributed by atoms with van der Waals surface area (Å²) in [6.07, 6.45) is 7.39. The Bertz CT molecular complexity index is 1340. The molecular formula is C22H21N7OS3. The van der Waals surface area contributed by atoms with Crippen molar-refractivity contribution in [1.29, 1.82) is 0 Å². The number of thiocarbonyl (C=S) groups is 1. The molecule has 4 heterocycles. The van der Waals surface area contributed by atoms with E-state index in [1.807, 2.05) is 24.4 Å². The number of aromatic amines is 2. The number of nitrogens with one attached hydrogen (secondary N) is 2. The Kier molecular flexibility index (Phi) is 6.25. The normalized spacial score (nSPS) is 15.4. The SMILES string of the molecule is Nc1cc(-c2csc(C=C3SC(=S)N(CCCCCc4nn[nH]n4)C3=O)c2)cc2cc[nH]c12. The van der Waals surface area contributed by atoms with Crippen LogP contribution in [-0.4, -0.2) is 47.3 Å². The molecule has 1 amide bonds. The molecule has 5 rings (SSSR count). The van der Waals surface area contributed by atoms with Crippen LogP contribution in [0.5, 0.6) is 0 Å². The monoisotopic (exact) mass is 495 g/mol. The lowest BCUT2D eigenvalue weighted by Gasteiger charge is -2.13. The summed E-state index contributed by atoms with van der Waals surface area (Å²) in [7, 11) is 0. The highest BCUT2D eigenvalue weighted by atomic mass is 32.2. The highest BCUT2D eigenvalue weighted by Crippen LogP contribution is 2.36. The lowest BCUT2D eigenvalue weighted by molar-refractivity contribution is -0.122. The minimum Gasteiger partial charge on any atom is -0.397 e. The van der Waals surface area contributed by atoms with Crippen LogP contribution in [0.1, 0.15) is 30.0 Å². The van der Waals surface area contributed by atoms with Crippen molar-refractivity contribution >= 4 is 68.2 Å². The molecule has 3 aromatic heterocycles. The van der Waals surface area contributed by atoms with E-state index in [1.54, 1.807) is 16.2 Å². The van der Waals surface area contributed by atoms with Crippen LogP contribution in [0.4, 0.5) is 5.69 Å². The first kappa shape index (κ1) is 21.8. The fourth-order valence-electron chi connectivity index (χ4n) is 3.79. The number of thioether (sulfide) groups is 1. The average molecular weight is 496 g/mol. The first-order valence-electron chi connectivity index (χ1n) is 10.5. The van der Waals surface area contributed by atoms with Gasteiger partial charge in [0.05, 0.1) is 16.1 Å². The predicted molar refractivity (Wildman–Crippen MR) is 138 cm³/mol. The van der Waals surface area contributed by atoms with E-state index in [0.29, 0.717) is 15.8 Å². The van der Waals surface area contributed by atoms with Gasteiger partial charge in [0.15, 0.2) is 5.82 Å². The molecule has 0 radical (unpaired) electrons. The number of nitrogens with two attached hydrogens (primary N) is 1. The number of hydrogen-bond acceptors (Lipinski definition) is 8. The minimum absolute atomic E-state index is 0.0175. The third kappa shape index (κ3) is 4.70. The van der Waals surface area contributed by atoms with E-state index in [9.17, 15) is 4.79 Å². The molecule has 11 heteroatoms. The fourth-order valence-corrected chi connectivity index (χ4v) is 6.01. The number of thiophene rings is 1. The third-order valence-corrected chi connectivity index (χ3v) is 7.72. The molecule has 1 fully saturated rings. The maximum atomic E-state index is 12.9. The Morgan fingerprint density at radius 3 is 2.94 bits per heavy atom. The first-order valence-corrected chi connectivity index (χ1v) is 12.6. The van der Waals surface area contributed by atoms with Crippen LogP contribution in [0.2, 0.25) is 0 Å². The van der Waals surface area contributed by atoms with Crippen molar-refractivity contribution < 1.29 is 4.79 Å². The number of aryl methyl sites for hydroxylation is 1. The number of fused-ring (bicyclic) bond motifs is 1. The maximum absolute atomic E-state index is 12.9. The van der Waals surface area contributed by atoms with Gasteiger partial charge in [-0.1, -0.05) is 35.6 Å². The molecule has 0 spiro atoms. The number of unbranched alkanes of at least 4 members (excludes halogenated alkanes) is 2. The lowest BCUT2D eigenvalue weighted by Crippen LogP contribution is -2.29. The van der Waals surface area contributed by atoms with Gasteiger partial charge in [0.25, 0.3) is 5.91 Å². The van der Waals surface area contributed by atoms with Gasteiger partial charge in [0, 0.05) is 29.4 Å². The number of benzene rings is 1. The zero-order valence-electron chi connectivity index (χ0n) is 17.6. The Morgan fingerprint density at radius 1 is 1.18 bits per heavy atom. The Hall–Kier alpha value is -3.02. The molecule has 1 aliphatic heterocycles. The molecule has 8 nitrogen and oxygen atoms in total. The molecule has 1 aromatic carbocycles. The van der Waals surface area contributed by atoms with E-state index in [2.05, 4.69) is 43.1 Å². The summed E-state index contributed by atoms with van der Waals surface area (Å²) in [6, 6.07) is 8.19. The summed E-state index contributed by atoms with van der Waals surface area (Å²) in [6.45, 7) is 0.625. The van der Waals surface area contributed by atoms with Crippen LogP contribution in [0.3, 0.4) is 0 Å². The summed E-state index contributed by atoms with van der Waals surface area (Å²) in [5.74, 6) is 0.700. The van der Waals surface area contributed by atoms with Gasteiger partial charge in [0.2, 0.25) is 0 Å². The number of tetrazole rings is 1. The van der Waals surface area contributed by atoms with E-state index in [-0.39, 0.29) is 5.91 Å². The Morgan fingerprint density at radius 2 is 2.09 bits per heavy atom. The van der Waals surface area contributed by atoms with Gasteiger partial charge < -0.3 is 10.7 Å². The maximum Gasteiger partial charge on any atom is 0.266 e. The largest absolute Gasteiger partial charge is 0.397 e. The van der Waals surface area contributed by atoms with Crippen molar-refractivity contribution in [2.45, 2.75) is 25.7 Å². The topological polar surface area (TPSA) is 117 Å². The van der Waals surface area contributed by atoms with E-state index >= 15 is 0 Å². The van der Waals surface area contributed by atoms with Crippen molar-refractivity contribution in [3.63, 3.8) is 0 Å².